The van der Waals surface area contributed by atoms with Gasteiger partial charge in [0, 0.05) is 6.20 Å². The average Bonchev–Trinajstić information content (AvgIpc) is 2.70. The van der Waals surface area contributed by atoms with Crippen LogP contribution in [0.25, 0.3) is 0 Å². The van der Waals surface area contributed by atoms with E-state index < -0.39 is 15.1 Å². The molecule has 0 N–H and O–H groups in total. The summed E-state index contributed by atoms with van der Waals surface area (Å²) >= 11 is 1.17. The number of thiazole rings is 1. The average molecular weight is 231 g/mol. The van der Waals surface area contributed by atoms with Gasteiger partial charge in [0.2, 0.25) is 0 Å². The predicted molar refractivity (Wildman–Crippen MR) is 53.3 cm³/mol. The minimum Gasteiger partial charge on any atom is -0.297 e. The molecule has 2 rings (SSSR count). The summed E-state index contributed by atoms with van der Waals surface area (Å²) in [5.41, 5.74) is 0. The Morgan fingerprint density at radius 1 is 1.57 bits per heavy atom. The molecule has 1 atom stereocenters. The third kappa shape index (κ3) is 1.59. The molecule has 2 heterocycles. The summed E-state index contributed by atoms with van der Waals surface area (Å²) in [6, 6.07) is 0. The Morgan fingerprint density at radius 2 is 2.36 bits per heavy atom. The first-order chi connectivity index (χ1) is 6.63. The molecule has 0 aromatic carbocycles. The Bertz CT molecular complexity index is 449. The topological polar surface area (TPSA) is 64.1 Å². The second kappa shape index (κ2) is 3.43. The molecule has 76 valence electrons. The Labute approximate surface area is 85.9 Å². The molecule has 0 radical (unpaired) electrons. The number of carbonyl (C=O) groups excluding carboxylic acids is 1. The van der Waals surface area contributed by atoms with E-state index in [4.69, 9.17) is 0 Å². The number of rotatable bonds is 2. The zero-order valence-electron chi connectivity index (χ0n) is 7.34. The fraction of sp³-hybridized carbons (Fsp3) is 0.500. The number of hydrogen-bond donors (Lipinski definition) is 0. The highest BCUT2D eigenvalue weighted by atomic mass is 32.2. The van der Waals surface area contributed by atoms with Gasteiger partial charge in [-0.05, 0) is 12.8 Å². The molecule has 0 amide bonds. The minimum atomic E-state index is -3.00. The van der Waals surface area contributed by atoms with Gasteiger partial charge >= 0.3 is 0 Å². The van der Waals surface area contributed by atoms with E-state index in [-0.39, 0.29) is 5.75 Å². The van der Waals surface area contributed by atoms with Crippen LogP contribution in [0.5, 0.6) is 0 Å². The SMILES string of the molecule is O=Cc1cnc(C2CCCS2(=O)=O)s1. The van der Waals surface area contributed by atoms with Gasteiger partial charge in [-0.3, -0.25) is 4.79 Å². The van der Waals surface area contributed by atoms with Gasteiger partial charge in [0.15, 0.2) is 16.1 Å². The second-order valence-corrected chi connectivity index (χ2v) is 6.61. The second-order valence-electron chi connectivity index (χ2n) is 3.22. The van der Waals surface area contributed by atoms with Crippen LogP contribution in [0.15, 0.2) is 6.20 Å². The van der Waals surface area contributed by atoms with Crippen molar-refractivity contribution in [2.45, 2.75) is 18.1 Å². The van der Waals surface area contributed by atoms with Crippen molar-refractivity contribution < 1.29 is 13.2 Å². The number of aromatic nitrogens is 1. The number of hydrogen-bond acceptors (Lipinski definition) is 5. The van der Waals surface area contributed by atoms with Gasteiger partial charge in [-0.2, -0.15) is 0 Å². The normalized spacial score (nSPS) is 25.0. The van der Waals surface area contributed by atoms with E-state index in [1.54, 1.807) is 0 Å². The van der Waals surface area contributed by atoms with E-state index in [0.29, 0.717) is 29.0 Å². The molecule has 1 aliphatic heterocycles. The van der Waals surface area contributed by atoms with Crippen molar-refractivity contribution in [3.05, 3.63) is 16.1 Å². The van der Waals surface area contributed by atoms with Crippen molar-refractivity contribution in [3.8, 4) is 0 Å². The molecule has 1 aromatic heterocycles. The molecule has 0 spiro atoms. The molecule has 0 bridgehead atoms. The highest BCUT2D eigenvalue weighted by Gasteiger charge is 2.34. The molecule has 14 heavy (non-hydrogen) atoms. The van der Waals surface area contributed by atoms with Gasteiger partial charge in [-0.25, -0.2) is 13.4 Å². The number of carbonyl (C=O) groups is 1. The van der Waals surface area contributed by atoms with E-state index in [2.05, 4.69) is 4.98 Å². The molecular weight excluding hydrogens is 222 g/mol. The summed E-state index contributed by atoms with van der Waals surface area (Å²) in [5, 5.41) is 0.0887. The van der Waals surface area contributed by atoms with Gasteiger partial charge in [0.25, 0.3) is 0 Å². The third-order valence-electron chi connectivity index (χ3n) is 2.26. The lowest BCUT2D eigenvalue weighted by molar-refractivity contribution is 0.112. The molecule has 0 aliphatic carbocycles. The summed E-state index contributed by atoms with van der Waals surface area (Å²) in [7, 11) is -3.00. The maximum Gasteiger partial charge on any atom is 0.161 e. The van der Waals surface area contributed by atoms with E-state index in [1.807, 2.05) is 0 Å². The molecule has 1 aliphatic rings. The van der Waals surface area contributed by atoms with Crippen LogP contribution in [-0.4, -0.2) is 25.4 Å². The van der Waals surface area contributed by atoms with Gasteiger partial charge in [-0.15, -0.1) is 11.3 Å². The fourth-order valence-corrected chi connectivity index (χ4v) is 4.65. The van der Waals surface area contributed by atoms with Gasteiger partial charge < -0.3 is 0 Å². The molecule has 1 aromatic rings. The highest BCUT2D eigenvalue weighted by molar-refractivity contribution is 7.92. The number of nitrogens with zero attached hydrogens (tertiary/aromatic N) is 1. The molecule has 1 saturated heterocycles. The van der Waals surface area contributed by atoms with Crippen LogP contribution < -0.4 is 0 Å². The van der Waals surface area contributed by atoms with Crippen molar-refractivity contribution in [3.63, 3.8) is 0 Å². The van der Waals surface area contributed by atoms with Crippen molar-refractivity contribution in [1.82, 2.24) is 4.98 Å². The van der Waals surface area contributed by atoms with Crippen LogP contribution in [0.4, 0.5) is 0 Å². The first-order valence-electron chi connectivity index (χ1n) is 4.26. The zero-order chi connectivity index (χ0) is 10.2. The maximum atomic E-state index is 11.5. The quantitative estimate of drug-likeness (QED) is 0.717. The van der Waals surface area contributed by atoms with Crippen LogP contribution in [0.2, 0.25) is 0 Å². The Kier molecular flexibility index (Phi) is 2.40. The van der Waals surface area contributed by atoms with E-state index in [1.165, 1.54) is 17.5 Å². The van der Waals surface area contributed by atoms with Crippen molar-refractivity contribution in [1.29, 1.82) is 0 Å². The molecule has 6 heteroatoms. The summed E-state index contributed by atoms with van der Waals surface area (Å²) in [6.45, 7) is 0. The van der Waals surface area contributed by atoms with Crippen LogP contribution in [0.1, 0.15) is 32.8 Å². The zero-order valence-corrected chi connectivity index (χ0v) is 8.97. The number of sulfone groups is 1. The lowest BCUT2D eigenvalue weighted by atomic mass is 10.3. The van der Waals surface area contributed by atoms with E-state index in [9.17, 15) is 13.2 Å². The van der Waals surface area contributed by atoms with Crippen molar-refractivity contribution in [2.75, 3.05) is 5.75 Å². The van der Waals surface area contributed by atoms with Crippen LogP contribution >= 0.6 is 11.3 Å². The summed E-state index contributed by atoms with van der Waals surface area (Å²) in [5.74, 6) is 0.244. The lowest BCUT2D eigenvalue weighted by Crippen LogP contribution is -2.07. The third-order valence-corrected chi connectivity index (χ3v) is 5.63. The molecule has 0 saturated carbocycles. The number of aldehydes is 1. The smallest absolute Gasteiger partial charge is 0.161 e. The summed E-state index contributed by atoms with van der Waals surface area (Å²) in [6.07, 6.45) is 3.46. The van der Waals surface area contributed by atoms with Gasteiger partial charge in [0.05, 0.1) is 10.6 Å². The fourth-order valence-electron chi connectivity index (χ4n) is 1.57. The molecule has 1 fully saturated rings. The first kappa shape index (κ1) is 9.79. The summed E-state index contributed by atoms with van der Waals surface area (Å²) in [4.78, 5) is 14.9. The maximum absolute atomic E-state index is 11.5. The monoisotopic (exact) mass is 231 g/mol. The molecular formula is C8H9NO3S2. The lowest BCUT2D eigenvalue weighted by Gasteiger charge is -2.03. The van der Waals surface area contributed by atoms with Crippen LogP contribution in [-0.2, 0) is 9.84 Å². The largest absolute Gasteiger partial charge is 0.297 e. The standard InChI is InChI=1S/C8H9NO3S2/c10-5-6-4-9-8(13-6)7-2-1-3-14(7,11)12/h4-5,7H,1-3H2. The Morgan fingerprint density at radius 3 is 2.86 bits per heavy atom. The van der Waals surface area contributed by atoms with Gasteiger partial charge in [-0.1, -0.05) is 0 Å². The van der Waals surface area contributed by atoms with E-state index in [0.717, 1.165) is 0 Å². The van der Waals surface area contributed by atoms with Crippen molar-refractivity contribution in [2.24, 2.45) is 0 Å². The Hall–Kier alpha value is -0.750. The first-order valence-corrected chi connectivity index (χ1v) is 6.79. The van der Waals surface area contributed by atoms with Crippen LogP contribution in [0, 0.1) is 0 Å². The highest BCUT2D eigenvalue weighted by Crippen LogP contribution is 2.36. The molecule has 1 unspecified atom stereocenters. The minimum absolute atomic E-state index is 0.244. The van der Waals surface area contributed by atoms with Crippen LogP contribution in [0.3, 0.4) is 0 Å². The van der Waals surface area contributed by atoms with Crippen molar-refractivity contribution >= 4 is 27.5 Å². The van der Waals surface area contributed by atoms with Gasteiger partial charge in [0.1, 0.15) is 10.3 Å². The predicted octanol–water partition coefficient (Wildman–Crippen LogP) is 1.21. The summed E-state index contributed by atoms with van der Waals surface area (Å²) < 4.78 is 23.1. The van der Waals surface area contributed by atoms with E-state index >= 15 is 0 Å². The Balaban J connectivity index is 2.35. The molecule has 4 nitrogen and oxygen atoms in total.